The minimum absolute atomic E-state index is 0.0476. The summed E-state index contributed by atoms with van der Waals surface area (Å²) in [6.45, 7) is 0.215. The Labute approximate surface area is 195 Å². The number of nitrogens with zero attached hydrogens (tertiary/aromatic N) is 2. The van der Waals surface area contributed by atoms with Crippen molar-refractivity contribution in [2.75, 3.05) is 26.1 Å². The zero-order valence-corrected chi connectivity index (χ0v) is 19.6. The van der Waals surface area contributed by atoms with E-state index in [2.05, 4.69) is 10.3 Å². The van der Waals surface area contributed by atoms with Crippen molar-refractivity contribution in [1.82, 2.24) is 9.29 Å². The number of halogens is 1. The number of hydrogen-bond acceptors (Lipinski definition) is 7. The Morgan fingerprint density at radius 2 is 1.88 bits per heavy atom. The second-order valence-electron chi connectivity index (χ2n) is 7.32. The van der Waals surface area contributed by atoms with Crippen molar-refractivity contribution in [1.29, 1.82) is 0 Å². The van der Waals surface area contributed by atoms with E-state index in [1.54, 1.807) is 31.7 Å². The van der Waals surface area contributed by atoms with Crippen molar-refractivity contribution < 1.29 is 27.1 Å². The number of carbonyl (C=O) groups is 1. The van der Waals surface area contributed by atoms with E-state index in [1.165, 1.54) is 27.8 Å². The van der Waals surface area contributed by atoms with Gasteiger partial charge in [0.05, 0.1) is 24.8 Å². The molecule has 33 heavy (non-hydrogen) atoms. The topological polar surface area (TPSA) is 97.8 Å². The highest BCUT2D eigenvalue weighted by molar-refractivity contribution is 7.89. The maximum atomic E-state index is 13.2. The molecule has 11 heteroatoms. The Morgan fingerprint density at radius 1 is 1.15 bits per heavy atom. The van der Waals surface area contributed by atoms with E-state index in [0.29, 0.717) is 35.2 Å². The van der Waals surface area contributed by atoms with Gasteiger partial charge in [0.2, 0.25) is 15.9 Å². The molecule has 1 atom stereocenters. The van der Waals surface area contributed by atoms with Crippen LogP contribution < -0.4 is 14.8 Å². The van der Waals surface area contributed by atoms with Gasteiger partial charge in [-0.25, -0.2) is 17.8 Å². The first-order valence-electron chi connectivity index (χ1n) is 10.1. The number of ether oxygens (including phenoxy) is 2. The molecule has 1 aliphatic rings. The minimum atomic E-state index is -3.93. The molecule has 2 heterocycles. The number of rotatable bonds is 7. The summed E-state index contributed by atoms with van der Waals surface area (Å²) in [6.07, 6.45) is 0.938. The van der Waals surface area contributed by atoms with E-state index in [9.17, 15) is 17.6 Å². The zero-order chi connectivity index (χ0) is 23.6. The van der Waals surface area contributed by atoms with Crippen LogP contribution in [-0.2, 0) is 14.8 Å². The van der Waals surface area contributed by atoms with Crippen LogP contribution in [0.5, 0.6) is 11.5 Å². The van der Waals surface area contributed by atoms with Gasteiger partial charge in [-0.05, 0) is 55.3 Å². The number of amides is 1. The first-order chi connectivity index (χ1) is 15.8. The van der Waals surface area contributed by atoms with Crippen LogP contribution >= 0.6 is 11.3 Å². The first kappa shape index (κ1) is 23.1. The maximum Gasteiger partial charge on any atom is 0.244 e. The van der Waals surface area contributed by atoms with E-state index in [1.807, 2.05) is 6.07 Å². The Morgan fingerprint density at radius 3 is 2.58 bits per heavy atom. The fourth-order valence-electron chi connectivity index (χ4n) is 3.68. The second kappa shape index (κ2) is 9.46. The third-order valence-corrected chi connectivity index (χ3v) is 8.02. The predicted molar refractivity (Wildman–Crippen MR) is 123 cm³/mol. The number of sulfonamides is 1. The number of thiazole rings is 1. The largest absolute Gasteiger partial charge is 0.493 e. The summed E-state index contributed by atoms with van der Waals surface area (Å²) < 4.78 is 51.0. The zero-order valence-electron chi connectivity index (χ0n) is 17.9. The van der Waals surface area contributed by atoms with Crippen LogP contribution in [-0.4, -0.2) is 50.4 Å². The fourth-order valence-corrected chi connectivity index (χ4v) is 6.06. The quantitative estimate of drug-likeness (QED) is 0.541. The number of methoxy groups -OCH3 is 2. The van der Waals surface area contributed by atoms with Crippen molar-refractivity contribution in [2.24, 2.45) is 0 Å². The van der Waals surface area contributed by atoms with Crippen molar-refractivity contribution in [3.63, 3.8) is 0 Å². The van der Waals surface area contributed by atoms with Crippen molar-refractivity contribution in [3.8, 4) is 22.8 Å². The van der Waals surface area contributed by atoms with Gasteiger partial charge in [-0.2, -0.15) is 4.31 Å². The number of nitrogens with one attached hydrogen (secondary N) is 1. The smallest absolute Gasteiger partial charge is 0.244 e. The number of benzene rings is 2. The molecule has 8 nitrogen and oxygen atoms in total. The summed E-state index contributed by atoms with van der Waals surface area (Å²) in [5.74, 6) is 0.167. The summed E-state index contributed by atoms with van der Waals surface area (Å²) in [7, 11) is -0.835. The number of anilines is 1. The molecular weight excluding hydrogens is 469 g/mol. The molecule has 1 aromatic heterocycles. The number of carbonyl (C=O) groups excluding carboxylic acids is 1. The molecule has 0 spiro atoms. The maximum absolute atomic E-state index is 13.2. The van der Waals surface area contributed by atoms with Crippen LogP contribution in [0.25, 0.3) is 11.3 Å². The second-order valence-corrected chi connectivity index (χ2v) is 10.1. The monoisotopic (exact) mass is 491 g/mol. The van der Waals surface area contributed by atoms with E-state index >= 15 is 0 Å². The average molecular weight is 492 g/mol. The highest BCUT2D eigenvalue weighted by atomic mass is 32.2. The van der Waals surface area contributed by atoms with Gasteiger partial charge >= 0.3 is 0 Å². The van der Waals surface area contributed by atoms with Crippen molar-refractivity contribution in [2.45, 2.75) is 23.8 Å². The molecule has 1 unspecified atom stereocenters. The lowest BCUT2D eigenvalue weighted by molar-refractivity contribution is -0.119. The third-order valence-electron chi connectivity index (χ3n) is 5.34. The molecule has 2 aromatic carbocycles. The molecule has 0 aliphatic carbocycles. The molecule has 4 rings (SSSR count). The molecule has 0 bridgehead atoms. The molecule has 3 aromatic rings. The molecule has 1 aliphatic heterocycles. The lowest BCUT2D eigenvalue weighted by atomic mass is 10.1. The van der Waals surface area contributed by atoms with Crippen LogP contribution in [0.1, 0.15) is 12.8 Å². The van der Waals surface area contributed by atoms with Gasteiger partial charge in [0, 0.05) is 17.5 Å². The number of aromatic nitrogens is 1. The molecule has 0 radical (unpaired) electrons. The van der Waals surface area contributed by atoms with Gasteiger partial charge in [-0.15, -0.1) is 11.3 Å². The van der Waals surface area contributed by atoms with Crippen LogP contribution in [0.2, 0.25) is 0 Å². The Balaban J connectivity index is 1.50. The molecule has 1 fully saturated rings. The Hall–Kier alpha value is -3.02. The summed E-state index contributed by atoms with van der Waals surface area (Å²) in [5.41, 5.74) is 1.42. The molecule has 1 amide bonds. The molecule has 1 N–H and O–H groups in total. The Bertz CT molecular complexity index is 1260. The van der Waals surface area contributed by atoms with Gasteiger partial charge in [-0.1, -0.05) is 0 Å². The Kier molecular flexibility index (Phi) is 6.63. The fraction of sp³-hybridized carbons (Fsp3) is 0.273. The third kappa shape index (κ3) is 4.70. The average Bonchev–Trinajstić information content (AvgIpc) is 3.49. The highest BCUT2D eigenvalue weighted by Gasteiger charge is 2.39. The van der Waals surface area contributed by atoms with Crippen LogP contribution in [0.15, 0.2) is 52.7 Å². The lowest BCUT2D eigenvalue weighted by Crippen LogP contribution is -2.43. The SMILES string of the molecule is COc1ccc(-c2csc(NC(=O)C3CCCN3S(=O)(=O)c3ccc(F)cc3)n2)cc1OC. The van der Waals surface area contributed by atoms with Gasteiger partial charge in [0.25, 0.3) is 0 Å². The van der Waals surface area contributed by atoms with Gasteiger partial charge in [0.15, 0.2) is 16.6 Å². The van der Waals surface area contributed by atoms with Crippen molar-refractivity contribution in [3.05, 3.63) is 53.7 Å². The summed E-state index contributed by atoms with van der Waals surface area (Å²) >= 11 is 1.24. The minimum Gasteiger partial charge on any atom is -0.493 e. The van der Waals surface area contributed by atoms with E-state index in [0.717, 1.165) is 17.7 Å². The first-order valence-corrected chi connectivity index (χ1v) is 12.4. The summed E-state index contributed by atoms with van der Waals surface area (Å²) in [5, 5.41) is 4.88. The summed E-state index contributed by atoms with van der Waals surface area (Å²) in [6, 6.07) is 9.09. The van der Waals surface area contributed by atoms with Gasteiger partial charge in [-0.3, -0.25) is 4.79 Å². The van der Waals surface area contributed by atoms with Gasteiger partial charge < -0.3 is 14.8 Å². The summed E-state index contributed by atoms with van der Waals surface area (Å²) in [4.78, 5) is 17.4. The van der Waals surface area contributed by atoms with Crippen LogP contribution in [0.3, 0.4) is 0 Å². The molecule has 0 saturated carbocycles. The molecular formula is C22H22FN3O5S2. The predicted octanol–water partition coefficient (Wildman–Crippen LogP) is 3.76. The molecule has 174 valence electrons. The standard InChI is InChI=1S/C22H22FN3O5S2/c1-30-19-10-5-14(12-20(19)31-2)17-13-32-22(24-17)25-21(27)18-4-3-11-26(18)33(28,29)16-8-6-15(23)7-9-16/h5-10,12-13,18H,3-4,11H2,1-2H3,(H,24,25,27). The van der Waals surface area contributed by atoms with E-state index in [4.69, 9.17) is 9.47 Å². The lowest BCUT2D eigenvalue weighted by Gasteiger charge is -2.23. The normalized spacial score (nSPS) is 16.5. The van der Waals surface area contributed by atoms with Crippen LogP contribution in [0, 0.1) is 5.82 Å². The highest BCUT2D eigenvalue weighted by Crippen LogP contribution is 2.34. The number of hydrogen-bond donors (Lipinski definition) is 1. The molecule has 1 saturated heterocycles. The van der Waals surface area contributed by atoms with E-state index in [-0.39, 0.29) is 11.4 Å². The van der Waals surface area contributed by atoms with Gasteiger partial charge in [0.1, 0.15) is 11.9 Å². The van der Waals surface area contributed by atoms with E-state index < -0.39 is 27.8 Å². The van der Waals surface area contributed by atoms with Crippen molar-refractivity contribution >= 4 is 32.4 Å². The van der Waals surface area contributed by atoms with Crippen LogP contribution in [0.4, 0.5) is 9.52 Å².